The topological polar surface area (TPSA) is 223 Å². The van der Waals surface area contributed by atoms with Crippen LogP contribution in [-0.4, -0.2) is 56.2 Å². The Hall–Kier alpha value is -6.88. The lowest BCUT2D eigenvalue weighted by molar-refractivity contribution is 0.0204. The smallest absolute Gasteiger partial charge is 0.123 e. The second-order valence-electron chi connectivity index (χ2n) is 20.9. The van der Waals surface area contributed by atoms with Gasteiger partial charge in [-0.25, -0.2) is 0 Å². The van der Waals surface area contributed by atoms with Crippen LogP contribution in [0.15, 0.2) is 84.9 Å². The average molecular weight is 923 g/mol. The fourth-order valence-corrected chi connectivity index (χ4v) is 13.5. The molecule has 0 spiro atoms. The fraction of sp³-hybridized carbons (Fsp3) is 0.368. The first-order valence-electron chi connectivity index (χ1n) is 23.7. The van der Waals surface area contributed by atoms with Gasteiger partial charge in [-0.15, -0.1) is 0 Å². The molecule has 4 unspecified atom stereocenters. The van der Waals surface area contributed by atoms with Crippen molar-refractivity contribution >= 4 is 0 Å². The van der Waals surface area contributed by atoms with Gasteiger partial charge in [0.05, 0.1) is 0 Å². The highest BCUT2D eigenvalue weighted by atomic mass is 16.3. The summed E-state index contributed by atoms with van der Waals surface area (Å²) in [5.74, 6) is -5.38. The molecule has 4 aliphatic rings. The molecule has 0 saturated heterocycles. The molecule has 11 heteroatoms. The van der Waals surface area contributed by atoms with Crippen molar-refractivity contribution in [1.82, 2.24) is 0 Å². The van der Waals surface area contributed by atoms with Crippen LogP contribution >= 0.6 is 0 Å². The van der Waals surface area contributed by atoms with E-state index in [1.807, 2.05) is 47.6 Å². The number of benzene rings is 6. The molecule has 11 N–H and O–H groups in total. The first kappa shape index (κ1) is 46.2. The number of phenols is 11. The Morgan fingerprint density at radius 2 is 0.853 bits per heavy atom. The van der Waals surface area contributed by atoms with Crippen LogP contribution in [0.2, 0.25) is 0 Å². The maximum atomic E-state index is 12.5. The Labute approximate surface area is 396 Å². The molecule has 356 valence electrons. The standard InChI is InChI=1S/C57H62O11/c1-26(2)54-39-17-36(46(61)21-49(39)64)30-8-9-31(13-30)37-18-40(50(65)22-47(37)62)55(27(3)4)42-20-43(53(68)24-52(42)67)56(32-10-11-45(60)29(7)12-32)25-44(38-19-41(54)51(66)23-48(38)63)57(56,28(5)6)33-14-34(58)16-35(59)15-33/h10-12,14-24,26-28,30-31,44,54-55,58-68H,8-9,13,25H2,1-7H3/t30-,31?,44+,54?,55?,56+,57?/m0/s1. The van der Waals surface area contributed by atoms with Crippen LogP contribution in [0.25, 0.3) is 0 Å². The van der Waals surface area contributed by atoms with E-state index in [1.165, 1.54) is 30.3 Å². The summed E-state index contributed by atoms with van der Waals surface area (Å²) in [6.07, 6.45) is 1.95. The van der Waals surface area contributed by atoms with Gasteiger partial charge in [-0.2, -0.15) is 0 Å². The summed E-state index contributed by atoms with van der Waals surface area (Å²) in [5, 5.41) is 129. The number of aromatic hydroxyl groups is 11. The molecule has 12 bridgehead atoms. The normalized spacial score (nSPS) is 24.3. The SMILES string of the molecule is Cc1cc([C@]23C[C@H](c4cc(c(O)cc4O)C(C(C)C)c4cc(c(O)cc4O)[C@H]4CCC(C4)c4cc(c(O)cc4O)C(C(C)C)c4cc2c(O)cc4O)C3(c2cc(O)cc(O)c2)C(C)C)ccc1O. The van der Waals surface area contributed by atoms with Gasteiger partial charge in [0.25, 0.3) is 0 Å². The minimum atomic E-state index is -1.34. The summed E-state index contributed by atoms with van der Waals surface area (Å²) in [4.78, 5) is 0. The molecule has 0 radical (unpaired) electrons. The Bertz CT molecular complexity index is 2970. The van der Waals surface area contributed by atoms with Gasteiger partial charge in [0.2, 0.25) is 0 Å². The van der Waals surface area contributed by atoms with Gasteiger partial charge >= 0.3 is 0 Å². The van der Waals surface area contributed by atoms with Crippen molar-refractivity contribution in [1.29, 1.82) is 0 Å². The zero-order valence-corrected chi connectivity index (χ0v) is 39.4. The zero-order valence-electron chi connectivity index (χ0n) is 39.4. The van der Waals surface area contributed by atoms with E-state index >= 15 is 0 Å². The van der Waals surface area contributed by atoms with E-state index < -0.39 is 34.5 Å². The van der Waals surface area contributed by atoms with Crippen LogP contribution in [0.3, 0.4) is 0 Å². The van der Waals surface area contributed by atoms with Gasteiger partial charge in [-0.3, -0.25) is 0 Å². The van der Waals surface area contributed by atoms with Crippen molar-refractivity contribution in [2.45, 2.75) is 115 Å². The van der Waals surface area contributed by atoms with Crippen molar-refractivity contribution < 1.29 is 56.2 Å². The summed E-state index contributed by atoms with van der Waals surface area (Å²) in [6.45, 7) is 13.6. The lowest BCUT2D eigenvalue weighted by Gasteiger charge is -2.68. The van der Waals surface area contributed by atoms with Crippen LogP contribution in [-0.2, 0) is 10.8 Å². The molecule has 2 fully saturated rings. The lowest BCUT2D eigenvalue weighted by Crippen LogP contribution is -2.66. The van der Waals surface area contributed by atoms with E-state index in [0.717, 1.165) is 0 Å². The third-order valence-corrected chi connectivity index (χ3v) is 16.2. The largest absolute Gasteiger partial charge is 0.508 e. The Morgan fingerprint density at radius 1 is 0.426 bits per heavy atom. The van der Waals surface area contributed by atoms with Crippen LogP contribution in [0.5, 0.6) is 63.2 Å². The average Bonchev–Trinajstić information content (AvgIpc) is 3.72. The van der Waals surface area contributed by atoms with E-state index in [1.54, 1.807) is 55.5 Å². The molecular weight excluding hydrogens is 861 g/mol. The zero-order chi connectivity index (χ0) is 49.0. The number of hydrogen-bond acceptors (Lipinski definition) is 11. The first-order valence-corrected chi connectivity index (χ1v) is 23.7. The maximum Gasteiger partial charge on any atom is 0.123 e. The summed E-state index contributed by atoms with van der Waals surface area (Å²) in [7, 11) is 0. The first-order chi connectivity index (χ1) is 32.1. The van der Waals surface area contributed by atoms with Crippen LogP contribution in [0, 0.1) is 24.7 Å². The van der Waals surface area contributed by atoms with E-state index in [9.17, 15) is 56.2 Å². The monoisotopic (exact) mass is 922 g/mol. The summed E-state index contributed by atoms with van der Waals surface area (Å²) in [5.41, 5.74) is 2.64. The number of hydrogen-bond donors (Lipinski definition) is 11. The molecule has 0 amide bonds. The summed E-state index contributed by atoms with van der Waals surface area (Å²) in [6, 6.07) is 22.0. The third kappa shape index (κ3) is 6.82. The highest BCUT2D eigenvalue weighted by Gasteiger charge is 2.70. The van der Waals surface area contributed by atoms with E-state index in [-0.39, 0.29) is 93.3 Å². The summed E-state index contributed by atoms with van der Waals surface area (Å²) < 4.78 is 0. The van der Waals surface area contributed by atoms with Crippen molar-refractivity contribution in [2.24, 2.45) is 17.8 Å². The molecule has 0 aliphatic heterocycles. The molecule has 6 aromatic rings. The lowest BCUT2D eigenvalue weighted by atomic mass is 9.33. The summed E-state index contributed by atoms with van der Waals surface area (Å²) >= 11 is 0. The van der Waals surface area contributed by atoms with E-state index in [4.69, 9.17) is 0 Å². The van der Waals surface area contributed by atoms with Gasteiger partial charge in [0.15, 0.2) is 0 Å². The molecule has 2 saturated carbocycles. The number of rotatable bonds is 5. The Kier molecular flexibility index (Phi) is 11.2. The number of aryl methyl sites for hydroxylation is 1. The molecule has 6 aromatic carbocycles. The molecule has 0 heterocycles. The molecular formula is C57H62O11. The van der Waals surface area contributed by atoms with Gasteiger partial charge in [0.1, 0.15) is 63.2 Å². The van der Waals surface area contributed by atoms with Gasteiger partial charge in [-0.1, -0.05) is 53.7 Å². The number of phenolic OH excluding ortho intramolecular Hbond substituents is 11. The Morgan fingerprint density at radius 3 is 1.31 bits per heavy atom. The van der Waals surface area contributed by atoms with Crippen LogP contribution in [0.1, 0.15) is 158 Å². The highest BCUT2D eigenvalue weighted by Crippen LogP contribution is 2.74. The second kappa shape index (κ2) is 16.4. The molecule has 0 aromatic heterocycles. The molecule has 10 rings (SSSR count). The minimum Gasteiger partial charge on any atom is -0.508 e. The van der Waals surface area contributed by atoms with E-state index in [2.05, 4.69) is 0 Å². The maximum absolute atomic E-state index is 12.5. The molecule has 4 aliphatic carbocycles. The third-order valence-electron chi connectivity index (χ3n) is 16.2. The molecule has 7 atom stereocenters. The second-order valence-corrected chi connectivity index (χ2v) is 20.9. The predicted octanol–water partition coefficient (Wildman–Crippen LogP) is 11.8. The fourth-order valence-electron chi connectivity index (χ4n) is 13.5. The van der Waals surface area contributed by atoms with E-state index in [0.29, 0.717) is 80.5 Å². The molecule has 11 nitrogen and oxygen atoms in total. The van der Waals surface area contributed by atoms with Gasteiger partial charge in [0, 0.05) is 80.8 Å². The van der Waals surface area contributed by atoms with Crippen molar-refractivity contribution in [3.63, 3.8) is 0 Å². The molecule has 68 heavy (non-hydrogen) atoms. The predicted molar refractivity (Wildman–Crippen MR) is 259 cm³/mol. The van der Waals surface area contributed by atoms with Crippen molar-refractivity contribution in [3.8, 4) is 63.2 Å². The minimum absolute atomic E-state index is 0.0296. The van der Waals surface area contributed by atoms with Gasteiger partial charge in [-0.05, 0) is 144 Å². The van der Waals surface area contributed by atoms with Gasteiger partial charge < -0.3 is 56.2 Å². The Balaban J connectivity index is 1.46. The quantitative estimate of drug-likeness (QED) is 0.0780. The van der Waals surface area contributed by atoms with Crippen molar-refractivity contribution in [2.75, 3.05) is 0 Å². The van der Waals surface area contributed by atoms with Crippen molar-refractivity contribution in [3.05, 3.63) is 146 Å². The van der Waals surface area contributed by atoms with Crippen LogP contribution in [0.4, 0.5) is 0 Å². The highest BCUT2D eigenvalue weighted by molar-refractivity contribution is 5.68. The van der Waals surface area contributed by atoms with Crippen LogP contribution < -0.4 is 0 Å².